The van der Waals surface area contributed by atoms with E-state index in [1.54, 1.807) is 11.8 Å². The highest BCUT2D eigenvalue weighted by atomic mass is 32.2. The molecule has 2 N–H and O–H groups in total. The first-order valence-corrected chi connectivity index (χ1v) is 10.3. The van der Waals surface area contributed by atoms with Crippen molar-refractivity contribution in [3.63, 3.8) is 0 Å². The van der Waals surface area contributed by atoms with Crippen LogP contribution in [0.1, 0.15) is 20.0 Å². The highest BCUT2D eigenvalue weighted by molar-refractivity contribution is 7.99. The summed E-state index contributed by atoms with van der Waals surface area (Å²) in [5, 5.41) is 36.5. The normalized spacial score (nSPS) is 11.0. The van der Waals surface area contributed by atoms with Gasteiger partial charge in [0.1, 0.15) is 33.2 Å². The summed E-state index contributed by atoms with van der Waals surface area (Å²) in [7, 11) is 0. The molecule has 0 saturated heterocycles. The second-order valence-electron chi connectivity index (χ2n) is 5.04. The molecule has 0 aliphatic heterocycles. The van der Waals surface area contributed by atoms with Crippen LogP contribution in [-0.2, 0) is 35.3 Å². The number of Topliss-reactive ketones (excluding diaryl/α,β-unsaturated/α-hetero) is 2. The average molecular weight is 403 g/mol. The number of nitrogens with zero attached hydrogens (tertiary/aromatic N) is 4. The Morgan fingerprint density at radius 1 is 0.760 bits per heavy atom. The molecule has 0 atom stereocenters. The quantitative estimate of drug-likeness (QED) is 0.476. The molecular weight excluding hydrogens is 384 g/mol. The van der Waals surface area contributed by atoms with E-state index in [-0.39, 0.29) is 24.4 Å². The largest absolute Gasteiger partial charge is 0.389 e. The van der Waals surface area contributed by atoms with E-state index in [1.807, 2.05) is 0 Å². The molecule has 25 heavy (non-hydrogen) atoms. The average Bonchev–Trinajstić information content (AvgIpc) is 3.24. The zero-order valence-electron chi connectivity index (χ0n) is 13.4. The predicted molar refractivity (Wildman–Crippen MR) is 96.1 cm³/mol. The minimum absolute atomic E-state index is 0.138. The number of ketones is 2. The van der Waals surface area contributed by atoms with Crippen LogP contribution in [0.25, 0.3) is 0 Å². The van der Waals surface area contributed by atoms with E-state index in [1.165, 1.54) is 22.7 Å². The minimum Gasteiger partial charge on any atom is -0.389 e. The molecule has 0 fully saturated rings. The van der Waals surface area contributed by atoms with Gasteiger partial charge >= 0.3 is 0 Å². The first-order chi connectivity index (χ1) is 12.1. The van der Waals surface area contributed by atoms with Gasteiger partial charge in [0, 0.05) is 12.8 Å². The van der Waals surface area contributed by atoms with Crippen LogP contribution >= 0.6 is 34.4 Å². The Hall–Kier alpha value is -1.27. The molecule has 2 aromatic heterocycles. The maximum atomic E-state index is 11.1. The molecule has 0 amide bonds. The Labute approximate surface area is 156 Å². The Morgan fingerprint density at radius 3 is 1.56 bits per heavy atom. The topological polar surface area (TPSA) is 126 Å². The van der Waals surface area contributed by atoms with Gasteiger partial charge in [-0.15, -0.1) is 43.1 Å². The maximum Gasteiger partial charge on any atom is 0.165 e. The number of aliphatic hydroxyl groups is 2. The number of aryl methyl sites for hydroxylation is 2. The van der Waals surface area contributed by atoms with E-state index in [0.29, 0.717) is 10.0 Å². The van der Waals surface area contributed by atoms with Crippen LogP contribution in [0.2, 0.25) is 0 Å². The van der Waals surface area contributed by atoms with E-state index in [0.717, 1.165) is 34.4 Å². The molecule has 0 aromatic carbocycles. The third-order valence-corrected chi connectivity index (χ3v) is 5.94. The lowest BCUT2D eigenvalue weighted by Gasteiger charge is -1.97. The highest BCUT2D eigenvalue weighted by Crippen LogP contribution is 2.16. The van der Waals surface area contributed by atoms with Crippen molar-refractivity contribution in [2.75, 3.05) is 24.7 Å². The van der Waals surface area contributed by atoms with Crippen LogP contribution in [0.4, 0.5) is 0 Å². The van der Waals surface area contributed by atoms with Gasteiger partial charge in [-0.25, -0.2) is 0 Å². The fourth-order valence-corrected chi connectivity index (χ4v) is 4.67. The SMILES string of the molecule is O=C(CO)Cc1nnc(CCSCCc2nnc(CC(=O)CO)s2)s1. The number of carbonyl (C=O) groups excluding carboxylic acids is 2. The van der Waals surface area contributed by atoms with E-state index in [2.05, 4.69) is 20.4 Å². The van der Waals surface area contributed by atoms with Gasteiger partial charge in [0.15, 0.2) is 11.6 Å². The molecule has 11 heteroatoms. The van der Waals surface area contributed by atoms with E-state index in [9.17, 15) is 9.59 Å². The number of rotatable bonds is 12. The predicted octanol–water partition coefficient (Wildman–Crippen LogP) is 0.116. The Morgan fingerprint density at radius 2 is 1.16 bits per heavy atom. The Kier molecular flexibility index (Phi) is 8.55. The van der Waals surface area contributed by atoms with Crippen LogP contribution in [0, 0.1) is 0 Å². The summed E-state index contributed by atoms with van der Waals surface area (Å²) in [6.45, 7) is -0.932. The van der Waals surface area contributed by atoms with E-state index >= 15 is 0 Å². The van der Waals surface area contributed by atoms with Gasteiger partial charge in [0.05, 0.1) is 12.8 Å². The standard InChI is InChI=1S/C14H18N4O4S3/c19-7-9(21)5-13-17-15-11(24-13)1-3-23-4-2-12-16-18-14(25-12)6-10(22)8-20/h19-20H,1-8H2. The summed E-state index contributed by atoms with van der Waals surface area (Å²) in [5.41, 5.74) is 0. The van der Waals surface area contributed by atoms with Gasteiger partial charge in [-0.1, -0.05) is 0 Å². The summed E-state index contributed by atoms with van der Waals surface area (Å²) < 4.78 is 0. The molecule has 0 unspecified atom stereocenters. The minimum atomic E-state index is -0.466. The molecule has 2 rings (SSSR count). The fraction of sp³-hybridized carbons (Fsp3) is 0.571. The van der Waals surface area contributed by atoms with Gasteiger partial charge < -0.3 is 10.2 Å². The fourth-order valence-electron chi connectivity index (χ4n) is 1.79. The van der Waals surface area contributed by atoms with Crippen molar-refractivity contribution < 1.29 is 19.8 Å². The molecule has 2 aromatic rings. The summed E-state index contributed by atoms with van der Waals surface area (Å²) in [6.07, 6.45) is 1.84. The smallest absolute Gasteiger partial charge is 0.165 e. The lowest BCUT2D eigenvalue weighted by atomic mass is 10.3. The Bertz CT molecular complexity index is 646. The zero-order chi connectivity index (χ0) is 18.1. The monoisotopic (exact) mass is 402 g/mol. The highest BCUT2D eigenvalue weighted by Gasteiger charge is 2.10. The number of hydrogen-bond donors (Lipinski definition) is 2. The third-order valence-electron chi connectivity index (χ3n) is 2.99. The van der Waals surface area contributed by atoms with Crippen LogP contribution in [0.15, 0.2) is 0 Å². The summed E-state index contributed by atoms with van der Waals surface area (Å²) >= 11 is 4.57. The number of hydrogen-bond acceptors (Lipinski definition) is 11. The van der Waals surface area contributed by atoms with Crippen molar-refractivity contribution in [1.82, 2.24) is 20.4 Å². The third kappa shape index (κ3) is 7.24. The van der Waals surface area contributed by atoms with E-state index in [4.69, 9.17) is 10.2 Å². The second kappa shape index (κ2) is 10.7. The van der Waals surface area contributed by atoms with Crippen molar-refractivity contribution in [2.45, 2.75) is 25.7 Å². The van der Waals surface area contributed by atoms with Gasteiger partial charge in [0.25, 0.3) is 0 Å². The number of carbonyl (C=O) groups is 2. The lowest BCUT2D eigenvalue weighted by molar-refractivity contribution is -0.121. The molecule has 0 saturated carbocycles. The number of aliphatic hydroxyl groups excluding tert-OH is 2. The van der Waals surface area contributed by atoms with Crippen molar-refractivity contribution >= 4 is 46.0 Å². The van der Waals surface area contributed by atoms with Crippen molar-refractivity contribution in [2.24, 2.45) is 0 Å². The van der Waals surface area contributed by atoms with E-state index < -0.39 is 13.2 Å². The van der Waals surface area contributed by atoms with Crippen LogP contribution in [0.3, 0.4) is 0 Å². The van der Waals surface area contributed by atoms with Gasteiger partial charge in [-0.3, -0.25) is 9.59 Å². The maximum absolute atomic E-state index is 11.1. The van der Waals surface area contributed by atoms with Crippen molar-refractivity contribution in [3.05, 3.63) is 20.0 Å². The summed E-state index contributed by atoms with van der Waals surface area (Å²) in [4.78, 5) is 22.3. The number of aromatic nitrogens is 4. The molecule has 2 heterocycles. The zero-order valence-corrected chi connectivity index (χ0v) is 15.8. The molecular formula is C14H18N4O4S3. The van der Waals surface area contributed by atoms with Crippen molar-refractivity contribution in [1.29, 1.82) is 0 Å². The van der Waals surface area contributed by atoms with Gasteiger partial charge in [-0.2, -0.15) is 11.8 Å². The summed E-state index contributed by atoms with van der Waals surface area (Å²) in [6, 6.07) is 0. The van der Waals surface area contributed by atoms with Gasteiger partial charge in [-0.05, 0) is 11.5 Å². The second-order valence-corrected chi connectivity index (χ2v) is 8.56. The molecule has 8 nitrogen and oxygen atoms in total. The lowest BCUT2D eigenvalue weighted by Crippen LogP contribution is -2.06. The molecule has 0 aliphatic rings. The van der Waals surface area contributed by atoms with Crippen molar-refractivity contribution in [3.8, 4) is 0 Å². The summed E-state index contributed by atoms with van der Waals surface area (Å²) in [5.74, 6) is 1.26. The first-order valence-electron chi connectivity index (χ1n) is 7.56. The van der Waals surface area contributed by atoms with Crippen LogP contribution in [-0.4, -0.2) is 66.9 Å². The molecule has 0 radical (unpaired) electrons. The molecule has 136 valence electrons. The van der Waals surface area contributed by atoms with Crippen LogP contribution in [0.5, 0.6) is 0 Å². The Balaban J connectivity index is 1.63. The number of thioether (sulfide) groups is 1. The first kappa shape index (κ1) is 20.0. The molecule has 0 aliphatic carbocycles. The molecule has 0 spiro atoms. The van der Waals surface area contributed by atoms with Gasteiger partial charge in [0.2, 0.25) is 0 Å². The van der Waals surface area contributed by atoms with Crippen LogP contribution < -0.4 is 0 Å². The molecule has 0 bridgehead atoms.